The molecule has 0 saturated carbocycles. The molecule has 0 spiro atoms. The second-order valence-corrected chi connectivity index (χ2v) is 13.9. The quantitative estimate of drug-likeness (QED) is 0.171. The predicted octanol–water partition coefficient (Wildman–Crippen LogP) is 12.6. The van der Waals surface area contributed by atoms with Gasteiger partial charge in [-0.15, -0.1) is 0 Å². The zero-order valence-corrected chi connectivity index (χ0v) is 30.0. The first-order valence-electron chi connectivity index (χ1n) is 18.6. The van der Waals surface area contributed by atoms with Gasteiger partial charge < -0.3 is 4.42 Å². The van der Waals surface area contributed by atoms with E-state index in [1.807, 2.05) is 48.5 Å². The molecule has 56 heavy (non-hydrogen) atoms. The summed E-state index contributed by atoms with van der Waals surface area (Å²) in [6, 6.07) is 64.6. The third-order valence-corrected chi connectivity index (χ3v) is 10.5. The minimum Gasteiger partial charge on any atom is -0.435 e. The van der Waals surface area contributed by atoms with Crippen molar-refractivity contribution in [3.05, 3.63) is 188 Å². The molecule has 11 rings (SSSR count). The lowest BCUT2D eigenvalue weighted by atomic mass is 10.0. The van der Waals surface area contributed by atoms with Gasteiger partial charge >= 0.3 is 0 Å². The van der Waals surface area contributed by atoms with Gasteiger partial charge in [0.05, 0.1) is 11.0 Å². The van der Waals surface area contributed by atoms with Gasteiger partial charge in [0.15, 0.2) is 17.2 Å². The highest BCUT2D eigenvalue weighted by atomic mass is 16.3. The zero-order chi connectivity index (χ0) is 37.0. The van der Waals surface area contributed by atoms with Crippen LogP contribution >= 0.6 is 0 Å². The third-order valence-electron chi connectivity index (χ3n) is 10.5. The first-order chi connectivity index (χ1) is 27.7. The normalized spacial score (nSPS) is 11.6. The van der Waals surface area contributed by atoms with Crippen molar-refractivity contribution in [2.75, 3.05) is 0 Å². The molecule has 3 aromatic heterocycles. The maximum atomic E-state index is 6.61. The van der Waals surface area contributed by atoms with E-state index >= 15 is 0 Å². The molecule has 6 nitrogen and oxygen atoms in total. The average molecular weight is 718 g/mol. The summed E-state index contributed by atoms with van der Waals surface area (Å²) in [5.74, 6) is 2.31. The van der Waals surface area contributed by atoms with Crippen molar-refractivity contribution < 1.29 is 4.42 Å². The Morgan fingerprint density at radius 3 is 1.46 bits per heavy atom. The lowest BCUT2D eigenvalue weighted by Crippen LogP contribution is -2.06. The Kier molecular flexibility index (Phi) is 7.38. The van der Waals surface area contributed by atoms with Crippen molar-refractivity contribution in [2.24, 2.45) is 0 Å². The number of fused-ring (bicyclic) bond motifs is 7. The number of hydrogen-bond acceptors (Lipinski definition) is 5. The van der Waals surface area contributed by atoms with Gasteiger partial charge in [-0.05, 0) is 58.0 Å². The van der Waals surface area contributed by atoms with Crippen molar-refractivity contribution in [3.8, 4) is 62.4 Å². The first-order valence-corrected chi connectivity index (χ1v) is 18.6. The Morgan fingerprint density at radius 2 is 0.857 bits per heavy atom. The molecule has 0 N–H and O–H groups in total. The van der Waals surface area contributed by atoms with E-state index in [4.69, 9.17) is 24.4 Å². The van der Waals surface area contributed by atoms with Gasteiger partial charge in [0.1, 0.15) is 5.52 Å². The van der Waals surface area contributed by atoms with Crippen LogP contribution < -0.4 is 0 Å². The molecule has 0 aliphatic rings. The van der Waals surface area contributed by atoms with Gasteiger partial charge in [0, 0.05) is 32.8 Å². The summed E-state index contributed by atoms with van der Waals surface area (Å²) >= 11 is 0. The summed E-state index contributed by atoms with van der Waals surface area (Å²) in [5, 5.41) is 4.20. The van der Waals surface area contributed by atoms with Crippen molar-refractivity contribution >= 4 is 43.7 Å². The minimum atomic E-state index is 0.532. The highest BCUT2D eigenvalue weighted by molar-refractivity contribution is 6.26. The van der Waals surface area contributed by atoms with Crippen LogP contribution in [0.3, 0.4) is 0 Å². The second kappa shape index (κ2) is 13.0. The molecule has 0 radical (unpaired) electrons. The molecule has 0 atom stereocenters. The lowest BCUT2D eigenvalue weighted by Gasteiger charge is -2.12. The number of aromatic nitrogens is 5. The molecule has 0 fully saturated rings. The van der Waals surface area contributed by atoms with Crippen LogP contribution in [0.1, 0.15) is 0 Å². The molecule has 0 unspecified atom stereocenters. The first kappa shape index (κ1) is 31.8. The summed E-state index contributed by atoms with van der Waals surface area (Å²) in [7, 11) is 0. The number of benzene rings is 8. The Hall–Kier alpha value is -7.70. The van der Waals surface area contributed by atoms with Crippen LogP contribution in [0.25, 0.3) is 106 Å². The van der Waals surface area contributed by atoms with Crippen LogP contribution in [-0.2, 0) is 0 Å². The van der Waals surface area contributed by atoms with Gasteiger partial charge in [-0.25, -0.2) is 9.97 Å². The van der Waals surface area contributed by atoms with Crippen LogP contribution in [-0.4, -0.2) is 24.5 Å². The maximum Gasteiger partial charge on any atom is 0.238 e. The van der Waals surface area contributed by atoms with Crippen molar-refractivity contribution in [3.63, 3.8) is 0 Å². The van der Waals surface area contributed by atoms with Crippen LogP contribution in [0.5, 0.6) is 0 Å². The number of rotatable bonds is 6. The van der Waals surface area contributed by atoms with E-state index in [0.717, 1.165) is 82.6 Å². The third kappa shape index (κ3) is 5.35. The summed E-state index contributed by atoms with van der Waals surface area (Å²) < 4.78 is 8.77. The molecule has 6 heteroatoms. The van der Waals surface area contributed by atoms with E-state index in [0.29, 0.717) is 23.5 Å². The fraction of sp³-hybridized carbons (Fsp3) is 0. The molecule has 262 valence electrons. The summed E-state index contributed by atoms with van der Waals surface area (Å²) in [6.07, 6.45) is 0. The van der Waals surface area contributed by atoms with Crippen LogP contribution in [0, 0.1) is 0 Å². The van der Waals surface area contributed by atoms with Gasteiger partial charge in [0.2, 0.25) is 11.8 Å². The number of nitrogens with zero attached hydrogens (tertiary/aromatic N) is 5. The second-order valence-electron chi connectivity index (χ2n) is 13.9. The van der Waals surface area contributed by atoms with Crippen molar-refractivity contribution in [1.82, 2.24) is 24.5 Å². The van der Waals surface area contributed by atoms with E-state index in [9.17, 15) is 0 Å². The van der Waals surface area contributed by atoms with Crippen molar-refractivity contribution in [2.45, 2.75) is 0 Å². The minimum absolute atomic E-state index is 0.532. The summed E-state index contributed by atoms with van der Waals surface area (Å²) in [6.45, 7) is 0. The molecule has 0 saturated heterocycles. The SMILES string of the molecule is c1ccc(-c2ccc(-c3nc(-c4ccc(-c5ccccc5)cc4)nc(-n4c5ccccc5c5c6c(ccc7nc(-c8ccccc8)oc76)ccc54)n3)cc2)cc1. The van der Waals surface area contributed by atoms with Crippen LogP contribution in [0.2, 0.25) is 0 Å². The van der Waals surface area contributed by atoms with Crippen LogP contribution in [0.15, 0.2) is 192 Å². The van der Waals surface area contributed by atoms with Gasteiger partial charge in [0.25, 0.3) is 0 Å². The Labute approximate surface area is 322 Å². The number of oxazole rings is 1. The van der Waals surface area contributed by atoms with Gasteiger partial charge in [-0.1, -0.05) is 158 Å². The van der Waals surface area contributed by atoms with Gasteiger partial charge in [-0.3, -0.25) is 4.57 Å². The Balaban J connectivity index is 1.14. The fourth-order valence-electron chi connectivity index (χ4n) is 7.78. The standard InChI is InChI=1S/C50H31N5O/c1-4-12-32(13-5-1)34-20-24-37(25-21-34)47-52-48(38-26-22-35(23-27-38)33-14-6-2-7-15-33)54-50(53-47)55-42-19-11-10-18-40(42)45-43(55)31-29-36-28-30-41-46(44(36)45)56-49(51-41)39-16-8-3-9-17-39/h1-31H. The zero-order valence-electron chi connectivity index (χ0n) is 30.0. The van der Waals surface area contributed by atoms with E-state index in [-0.39, 0.29) is 0 Å². The summed E-state index contributed by atoms with van der Waals surface area (Å²) in [5.41, 5.74) is 10.8. The van der Waals surface area contributed by atoms with Crippen LogP contribution in [0.4, 0.5) is 0 Å². The van der Waals surface area contributed by atoms with E-state index in [1.165, 1.54) is 0 Å². The highest BCUT2D eigenvalue weighted by Gasteiger charge is 2.22. The molecule has 0 aliphatic heterocycles. The summed E-state index contributed by atoms with van der Waals surface area (Å²) in [4.78, 5) is 20.5. The lowest BCUT2D eigenvalue weighted by molar-refractivity contribution is 0.623. The molecular formula is C50H31N5O. The Morgan fingerprint density at radius 1 is 0.357 bits per heavy atom. The van der Waals surface area contributed by atoms with Gasteiger partial charge in [-0.2, -0.15) is 9.97 Å². The number of hydrogen-bond donors (Lipinski definition) is 0. The molecule has 11 aromatic rings. The molecule has 0 amide bonds. The topological polar surface area (TPSA) is 69.6 Å². The highest BCUT2D eigenvalue weighted by Crippen LogP contribution is 2.41. The molecule has 3 heterocycles. The van der Waals surface area contributed by atoms with E-state index in [1.54, 1.807) is 0 Å². The smallest absolute Gasteiger partial charge is 0.238 e. The molecule has 0 aliphatic carbocycles. The monoisotopic (exact) mass is 717 g/mol. The number of para-hydroxylation sites is 1. The van der Waals surface area contributed by atoms with E-state index < -0.39 is 0 Å². The predicted molar refractivity (Wildman–Crippen MR) is 226 cm³/mol. The molecule has 0 bridgehead atoms. The Bertz CT molecular complexity index is 3110. The maximum absolute atomic E-state index is 6.61. The fourth-order valence-corrected chi connectivity index (χ4v) is 7.78. The average Bonchev–Trinajstić information content (AvgIpc) is 3.87. The molecular weight excluding hydrogens is 687 g/mol. The largest absolute Gasteiger partial charge is 0.435 e. The van der Waals surface area contributed by atoms with Crippen molar-refractivity contribution in [1.29, 1.82) is 0 Å². The van der Waals surface area contributed by atoms with E-state index in [2.05, 4.69) is 144 Å². The molecule has 8 aromatic carbocycles.